The summed E-state index contributed by atoms with van der Waals surface area (Å²) in [6, 6.07) is 4.10. The Balaban J connectivity index is 1.87. The third-order valence-electron chi connectivity index (χ3n) is 3.47. The van der Waals surface area contributed by atoms with Crippen LogP contribution >= 0.6 is 11.3 Å². The predicted octanol–water partition coefficient (Wildman–Crippen LogP) is 1.60. The predicted molar refractivity (Wildman–Crippen MR) is 82.8 cm³/mol. The molecule has 1 N–H and O–H groups in total. The van der Waals surface area contributed by atoms with Crippen LogP contribution in [0.5, 0.6) is 0 Å². The van der Waals surface area contributed by atoms with Crippen molar-refractivity contribution in [1.29, 1.82) is 0 Å². The van der Waals surface area contributed by atoms with Crippen molar-refractivity contribution in [1.82, 2.24) is 9.80 Å². The van der Waals surface area contributed by atoms with Gasteiger partial charge in [-0.05, 0) is 38.1 Å². The lowest BCUT2D eigenvalue weighted by Gasteiger charge is -2.20. The number of aliphatic hydroxyl groups is 1. The zero-order valence-electron chi connectivity index (χ0n) is 11.9. The summed E-state index contributed by atoms with van der Waals surface area (Å²) >= 11 is 1.69. The second-order valence-corrected chi connectivity index (χ2v) is 6.35. The van der Waals surface area contributed by atoms with E-state index in [1.807, 2.05) is 17.0 Å². The molecule has 0 bridgehead atoms. The fourth-order valence-corrected chi connectivity index (χ4v) is 3.14. The molecule has 5 heteroatoms. The maximum Gasteiger partial charge on any atom is 0.246 e. The average molecular weight is 294 g/mol. The second-order valence-electron chi connectivity index (χ2n) is 5.03. The number of hydrogen-bond acceptors (Lipinski definition) is 4. The fourth-order valence-electron chi connectivity index (χ4n) is 2.36. The van der Waals surface area contributed by atoms with Crippen molar-refractivity contribution in [3.05, 3.63) is 28.0 Å². The Hall–Kier alpha value is -1.17. The van der Waals surface area contributed by atoms with Crippen LogP contribution in [0.25, 0.3) is 6.08 Å². The zero-order valence-corrected chi connectivity index (χ0v) is 12.7. The lowest BCUT2D eigenvalue weighted by Crippen LogP contribution is -2.35. The molecule has 20 heavy (non-hydrogen) atoms. The number of β-amino-alcohol motifs (C(OH)–C–C–N with tert-alkyl or cyclic N) is 1. The molecule has 0 spiro atoms. The number of amides is 1. The van der Waals surface area contributed by atoms with Crippen LogP contribution in [-0.2, 0) is 4.79 Å². The van der Waals surface area contributed by atoms with Gasteiger partial charge in [-0.2, -0.15) is 0 Å². The molecule has 4 nitrogen and oxygen atoms in total. The standard InChI is InChI=1S/C15H22N2O2S/c1-13-3-4-14(20-13)5-6-15(19)17-8-2-7-16(9-10-17)11-12-18/h3-6,18H,2,7-12H2,1H3. The largest absolute Gasteiger partial charge is 0.395 e. The number of carbonyl (C=O) groups is 1. The van der Waals surface area contributed by atoms with Crippen molar-refractivity contribution in [3.8, 4) is 0 Å². The second kappa shape index (κ2) is 7.57. The monoisotopic (exact) mass is 294 g/mol. The summed E-state index contributed by atoms with van der Waals surface area (Å²) in [4.78, 5) is 18.7. The topological polar surface area (TPSA) is 43.8 Å². The molecule has 2 heterocycles. The van der Waals surface area contributed by atoms with Crippen LogP contribution in [0.3, 0.4) is 0 Å². The van der Waals surface area contributed by atoms with E-state index in [4.69, 9.17) is 5.11 Å². The van der Waals surface area contributed by atoms with Gasteiger partial charge in [-0.3, -0.25) is 9.69 Å². The number of aryl methyl sites for hydroxylation is 1. The first kappa shape index (κ1) is 15.2. The van der Waals surface area contributed by atoms with Gasteiger partial charge in [-0.1, -0.05) is 0 Å². The zero-order chi connectivity index (χ0) is 14.4. The van der Waals surface area contributed by atoms with Gasteiger partial charge in [0, 0.05) is 42.0 Å². The van der Waals surface area contributed by atoms with Gasteiger partial charge in [-0.15, -0.1) is 11.3 Å². The highest BCUT2D eigenvalue weighted by Crippen LogP contribution is 2.16. The molecule has 0 aliphatic carbocycles. The van der Waals surface area contributed by atoms with Gasteiger partial charge < -0.3 is 10.0 Å². The number of rotatable bonds is 4. The highest BCUT2D eigenvalue weighted by molar-refractivity contribution is 7.12. The molecular weight excluding hydrogens is 272 g/mol. The van der Waals surface area contributed by atoms with Crippen LogP contribution in [0.4, 0.5) is 0 Å². The maximum absolute atomic E-state index is 12.2. The summed E-state index contributed by atoms with van der Waals surface area (Å²) in [5.74, 6) is 0.0851. The lowest BCUT2D eigenvalue weighted by atomic mass is 10.3. The molecule has 1 fully saturated rings. The number of hydrogen-bond donors (Lipinski definition) is 1. The number of thiophene rings is 1. The minimum atomic E-state index is 0.0851. The Morgan fingerprint density at radius 3 is 2.90 bits per heavy atom. The maximum atomic E-state index is 12.2. The van der Waals surface area contributed by atoms with Gasteiger partial charge in [0.25, 0.3) is 0 Å². The van der Waals surface area contributed by atoms with Crippen molar-refractivity contribution in [2.45, 2.75) is 13.3 Å². The van der Waals surface area contributed by atoms with E-state index in [1.165, 1.54) is 4.88 Å². The number of nitrogens with zero attached hydrogens (tertiary/aromatic N) is 2. The molecule has 1 aromatic heterocycles. The summed E-state index contributed by atoms with van der Waals surface area (Å²) < 4.78 is 0. The molecule has 0 aromatic carbocycles. The quantitative estimate of drug-likeness (QED) is 0.858. The van der Waals surface area contributed by atoms with Gasteiger partial charge in [0.1, 0.15) is 0 Å². The van der Waals surface area contributed by atoms with E-state index in [2.05, 4.69) is 17.9 Å². The van der Waals surface area contributed by atoms with Gasteiger partial charge >= 0.3 is 0 Å². The molecule has 0 atom stereocenters. The molecule has 1 aromatic rings. The van der Waals surface area contributed by atoms with E-state index in [1.54, 1.807) is 17.4 Å². The smallest absolute Gasteiger partial charge is 0.246 e. The summed E-state index contributed by atoms with van der Waals surface area (Å²) in [5.41, 5.74) is 0. The molecule has 0 unspecified atom stereocenters. The van der Waals surface area contributed by atoms with Crippen molar-refractivity contribution in [2.75, 3.05) is 39.3 Å². The molecule has 110 valence electrons. The molecule has 1 aliphatic heterocycles. The van der Waals surface area contributed by atoms with E-state index in [0.29, 0.717) is 6.54 Å². The first-order valence-electron chi connectivity index (χ1n) is 7.05. The highest BCUT2D eigenvalue weighted by Gasteiger charge is 2.16. The van der Waals surface area contributed by atoms with Crippen LogP contribution in [0, 0.1) is 6.92 Å². The van der Waals surface area contributed by atoms with E-state index >= 15 is 0 Å². The fraction of sp³-hybridized carbons (Fsp3) is 0.533. The summed E-state index contributed by atoms with van der Waals surface area (Å²) in [6.45, 7) is 6.30. The van der Waals surface area contributed by atoms with Crippen LogP contribution < -0.4 is 0 Å². The molecule has 0 radical (unpaired) electrons. The van der Waals surface area contributed by atoms with E-state index < -0.39 is 0 Å². The van der Waals surface area contributed by atoms with Crippen LogP contribution in [0.15, 0.2) is 18.2 Å². The third-order valence-corrected chi connectivity index (χ3v) is 4.43. The summed E-state index contributed by atoms with van der Waals surface area (Å²) in [6.07, 6.45) is 4.54. The van der Waals surface area contributed by atoms with Gasteiger partial charge in [0.2, 0.25) is 5.91 Å². The first-order valence-corrected chi connectivity index (χ1v) is 7.87. The third kappa shape index (κ3) is 4.44. The van der Waals surface area contributed by atoms with E-state index in [-0.39, 0.29) is 12.5 Å². The van der Waals surface area contributed by atoms with Crippen LogP contribution in [0.1, 0.15) is 16.2 Å². The van der Waals surface area contributed by atoms with E-state index in [9.17, 15) is 4.79 Å². The Morgan fingerprint density at radius 1 is 1.35 bits per heavy atom. The molecule has 0 saturated carbocycles. The van der Waals surface area contributed by atoms with Crippen LogP contribution in [-0.4, -0.2) is 60.1 Å². The van der Waals surface area contributed by atoms with Gasteiger partial charge in [0.15, 0.2) is 0 Å². The number of carbonyl (C=O) groups excluding carboxylic acids is 1. The molecule has 2 rings (SSSR count). The van der Waals surface area contributed by atoms with Crippen molar-refractivity contribution in [3.63, 3.8) is 0 Å². The Morgan fingerprint density at radius 2 is 2.20 bits per heavy atom. The average Bonchev–Trinajstić information content (AvgIpc) is 2.71. The lowest BCUT2D eigenvalue weighted by molar-refractivity contribution is -0.125. The minimum Gasteiger partial charge on any atom is -0.395 e. The van der Waals surface area contributed by atoms with E-state index in [0.717, 1.165) is 37.5 Å². The molecular formula is C15H22N2O2S. The van der Waals surface area contributed by atoms with Crippen molar-refractivity contribution in [2.24, 2.45) is 0 Å². The number of aliphatic hydroxyl groups excluding tert-OH is 1. The molecule has 1 saturated heterocycles. The molecule has 1 amide bonds. The van der Waals surface area contributed by atoms with Crippen LogP contribution in [0.2, 0.25) is 0 Å². The molecule has 1 aliphatic rings. The van der Waals surface area contributed by atoms with Crippen molar-refractivity contribution >= 4 is 23.3 Å². The van der Waals surface area contributed by atoms with Gasteiger partial charge in [0.05, 0.1) is 6.61 Å². The highest BCUT2D eigenvalue weighted by atomic mass is 32.1. The normalized spacial score (nSPS) is 17.6. The Kier molecular flexibility index (Phi) is 5.76. The Labute approximate surface area is 124 Å². The van der Waals surface area contributed by atoms with Crippen molar-refractivity contribution < 1.29 is 9.90 Å². The van der Waals surface area contributed by atoms with Gasteiger partial charge in [-0.25, -0.2) is 0 Å². The Bertz CT molecular complexity index is 470. The summed E-state index contributed by atoms with van der Waals surface area (Å²) in [5, 5.41) is 8.97. The minimum absolute atomic E-state index is 0.0851. The SMILES string of the molecule is Cc1ccc(C=CC(=O)N2CCCN(CCO)CC2)s1. The first-order chi connectivity index (χ1) is 9.69. The summed E-state index contributed by atoms with van der Waals surface area (Å²) in [7, 11) is 0.